The van der Waals surface area contributed by atoms with Crippen LogP contribution in [0.15, 0.2) is 30.7 Å². The van der Waals surface area contributed by atoms with E-state index in [9.17, 15) is 4.39 Å². The van der Waals surface area contributed by atoms with E-state index in [-0.39, 0.29) is 5.82 Å². The molecule has 0 saturated carbocycles. The van der Waals surface area contributed by atoms with E-state index in [0.717, 1.165) is 75.0 Å². The fourth-order valence-electron chi connectivity index (χ4n) is 5.06. The smallest absolute Gasteiger partial charge is 0.204 e. The van der Waals surface area contributed by atoms with Gasteiger partial charge in [0.15, 0.2) is 11.6 Å². The lowest BCUT2D eigenvalue weighted by atomic mass is 9.95. The molecule has 0 spiro atoms. The molecule has 3 aromatic rings. The number of aromatic nitrogens is 4. The van der Waals surface area contributed by atoms with Gasteiger partial charge in [0, 0.05) is 50.9 Å². The summed E-state index contributed by atoms with van der Waals surface area (Å²) in [6.45, 7) is 14.4. The van der Waals surface area contributed by atoms with Crippen LogP contribution in [0.4, 0.5) is 16.0 Å². The van der Waals surface area contributed by atoms with Crippen LogP contribution in [0.1, 0.15) is 50.9 Å². The number of piperidine rings is 1. The summed E-state index contributed by atoms with van der Waals surface area (Å²) in [5, 5.41) is 3.12. The van der Waals surface area contributed by atoms with E-state index in [2.05, 4.69) is 49.7 Å². The molecule has 2 aromatic heterocycles. The number of hydrogen-bond acceptors (Lipinski definition) is 7. The Bertz CT molecular complexity index is 1170. The van der Waals surface area contributed by atoms with Crippen LogP contribution >= 0.6 is 0 Å². The maximum atomic E-state index is 13.9. The molecule has 0 unspecified atom stereocenters. The van der Waals surface area contributed by atoms with E-state index >= 15 is 0 Å². The van der Waals surface area contributed by atoms with Crippen molar-refractivity contribution in [1.82, 2.24) is 24.4 Å². The number of benzene rings is 1. The van der Waals surface area contributed by atoms with Gasteiger partial charge in [0.05, 0.1) is 12.3 Å². The van der Waals surface area contributed by atoms with Crippen molar-refractivity contribution in [2.45, 2.75) is 53.0 Å². The molecule has 4 rings (SSSR count). The molecule has 1 N–H and O–H groups in total. The number of nitrogens with zero attached hydrogens (tertiary/aromatic N) is 6. The van der Waals surface area contributed by atoms with Gasteiger partial charge in [0.25, 0.3) is 0 Å². The van der Waals surface area contributed by atoms with Gasteiger partial charge in [-0.3, -0.25) is 0 Å². The van der Waals surface area contributed by atoms with Crippen LogP contribution in [0.5, 0.6) is 5.75 Å². The van der Waals surface area contributed by atoms with E-state index in [1.165, 1.54) is 6.07 Å². The van der Waals surface area contributed by atoms with E-state index in [1.807, 2.05) is 26.1 Å². The first kappa shape index (κ1) is 26.9. The molecule has 200 valence electrons. The molecule has 0 radical (unpaired) electrons. The molecule has 1 saturated heterocycles. The molecular weight excluding hydrogens is 469 g/mol. The summed E-state index contributed by atoms with van der Waals surface area (Å²) in [6, 6.07) is 5.26. The standard InChI is InChI=1S/C28H40FN7O/c1-6-34(7-2)15-16-36-18-24(22-9-10-23(29)20(4)17-22)33-27(36)21-11-13-35(14-12-21)28-25(37-8-3)26(30-5)31-19-32-28/h9-10,17-19,21H,6-8,11-16H2,1-5H3,(H,30,31,32). The molecule has 0 atom stereocenters. The molecule has 1 aliphatic heterocycles. The summed E-state index contributed by atoms with van der Waals surface area (Å²) < 4.78 is 22.2. The fourth-order valence-corrected chi connectivity index (χ4v) is 5.06. The Kier molecular flexibility index (Phi) is 8.97. The lowest BCUT2D eigenvalue weighted by Crippen LogP contribution is -2.35. The molecule has 8 nitrogen and oxygen atoms in total. The summed E-state index contributed by atoms with van der Waals surface area (Å²) in [7, 11) is 1.85. The zero-order valence-corrected chi connectivity index (χ0v) is 22.8. The van der Waals surface area contributed by atoms with E-state index in [1.54, 1.807) is 13.3 Å². The van der Waals surface area contributed by atoms with Crippen molar-refractivity contribution in [2.24, 2.45) is 0 Å². The highest BCUT2D eigenvalue weighted by molar-refractivity contribution is 5.65. The molecule has 3 heterocycles. The van der Waals surface area contributed by atoms with Crippen molar-refractivity contribution in [3.05, 3.63) is 47.9 Å². The predicted octanol–water partition coefficient (Wildman–Crippen LogP) is 4.95. The Morgan fingerprint density at radius 1 is 1.14 bits per heavy atom. The number of likely N-dealkylation sites (N-methyl/N-ethyl adjacent to an activating group) is 1. The van der Waals surface area contributed by atoms with Gasteiger partial charge in [-0.1, -0.05) is 13.8 Å². The van der Waals surface area contributed by atoms with Crippen LogP contribution in [-0.4, -0.2) is 70.8 Å². The average molecular weight is 510 g/mol. The van der Waals surface area contributed by atoms with Crippen molar-refractivity contribution in [2.75, 3.05) is 56.6 Å². The first-order valence-corrected chi connectivity index (χ1v) is 13.4. The first-order chi connectivity index (χ1) is 18.0. The fraction of sp³-hybridized carbons (Fsp3) is 0.536. The summed E-state index contributed by atoms with van der Waals surface area (Å²) in [5.74, 6) is 3.53. The van der Waals surface area contributed by atoms with Crippen LogP contribution in [0.2, 0.25) is 0 Å². The maximum Gasteiger partial charge on any atom is 0.204 e. The average Bonchev–Trinajstić information content (AvgIpc) is 3.35. The second-order valence-corrected chi connectivity index (χ2v) is 9.49. The highest BCUT2D eigenvalue weighted by Crippen LogP contribution is 2.37. The zero-order valence-electron chi connectivity index (χ0n) is 22.8. The summed E-state index contributed by atoms with van der Waals surface area (Å²) >= 11 is 0. The topological polar surface area (TPSA) is 71.3 Å². The molecule has 0 amide bonds. The third-order valence-electron chi connectivity index (χ3n) is 7.28. The van der Waals surface area contributed by atoms with E-state index in [0.29, 0.717) is 29.7 Å². The summed E-state index contributed by atoms with van der Waals surface area (Å²) in [4.78, 5) is 18.7. The van der Waals surface area contributed by atoms with Gasteiger partial charge >= 0.3 is 0 Å². The van der Waals surface area contributed by atoms with Gasteiger partial charge in [0.2, 0.25) is 5.75 Å². The number of anilines is 2. The minimum Gasteiger partial charge on any atom is -0.487 e. The summed E-state index contributed by atoms with van der Waals surface area (Å²) in [6.07, 6.45) is 5.67. The number of rotatable bonds is 11. The minimum atomic E-state index is -0.185. The lowest BCUT2D eigenvalue weighted by Gasteiger charge is -2.33. The van der Waals surface area contributed by atoms with Crippen molar-refractivity contribution >= 4 is 11.6 Å². The Hall–Kier alpha value is -3.20. The van der Waals surface area contributed by atoms with Crippen LogP contribution in [0.25, 0.3) is 11.3 Å². The van der Waals surface area contributed by atoms with Gasteiger partial charge in [-0.25, -0.2) is 19.3 Å². The van der Waals surface area contributed by atoms with Gasteiger partial charge < -0.3 is 24.4 Å². The summed E-state index contributed by atoms with van der Waals surface area (Å²) in [5.41, 5.74) is 2.51. The second kappa shape index (κ2) is 12.4. The highest BCUT2D eigenvalue weighted by Gasteiger charge is 2.28. The third kappa shape index (κ3) is 6.04. The predicted molar refractivity (Wildman–Crippen MR) is 147 cm³/mol. The van der Waals surface area contributed by atoms with Gasteiger partial charge in [-0.15, -0.1) is 0 Å². The molecule has 1 aromatic carbocycles. The number of ether oxygens (including phenoxy) is 1. The van der Waals surface area contributed by atoms with Gasteiger partial charge in [0.1, 0.15) is 18.0 Å². The number of aryl methyl sites for hydroxylation is 1. The number of hydrogen-bond donors (Lipinski definition) is 1. The molecular formula is C28H40FN7O. The third-order valence-corrected chi connectivity index (χ3v) is 7.28. The molecule has 1 fully saturated rings. The van der Waals surface area contributed by atoms with Crippen LogP contribution in [0, 0.1) is 12.7 Å². The quantitative estimate of drug-likeness (QED) is 0.392. The largest absolute Gasteiger partial charge is 0.487 e. The molecule has 0 aliphatic carbocycles. The maximum absolute atomic E-state index is 13.9. The first-order valence-electron chi connectivity index (χ1n) is 13.4. The Morgan fingerprint density at radius 3 is 2.54 bits per heavy atom. The normalized spacial score (nSPS) is 14.4. The van der Waals surface area contributed by atoms with Crippen molar-refractivity contribution in [3.8, 4) is 17.0 Å². The second-order valence-electron chi connectivity index (χ2n) is 9.49. The van der Waals surface area contributed by atoms with Crippen LogP contribution in [-0.2, 0) is 6.54 Å². The number of nitrogens with one attached hydrogen (secondary N) is 1. The van der Waals surface area contributed by atoms with Crippen LogP contribution < -0.4 is 15.0 Å². The van der Waals surface area contributed by atoms with E-state index in [4.69, 9.17) is 9.72 Å². The minimum absolute atomic E-state index is 0.185. The Balaban J connectivity index is 1.57. The lowest BCUT2D eigenvalue weighted by molar-refractivity contribution is 0.287. The number of imidazole rings is 1. The van der Waals surface area contributed by atoms with Crippen LogP contribution in [0.3, 0.4) is 0 Å². The molecule has 0 bridgehead atoms. The Morgan fingerprint density at radius 2 is 1.89 bits per heavy atom. The molecule has 37 heavy (non-hydrogen) atoms. The van der Waals surface area contributed by atoms with Crippen molar-refractivity contribution in [1.29, 1.82) is 0 Å². The molecule has 1 aliphatic rings. The number of halogens is 1. The Labute approximate surface area is 219 Å². The van der Waals surface area contributed by atoms with E-state index < -0.39 is 0 Å². The van der Waals surface area contributed by atoms with Crippen molar-refractivity contribution in [3.63, 3.8) is 0 Å². The zero-order chi connectivity index (χ0) is 26.4. The van der Waals surface area contributed by atoms with Gasteiger partial charge in [-0.2, -0.15) is 0 Å². The molecule has 9 heteroatoms. The van der Waals surface area contributed by atoms with Crippen molar-refractivity contribution < 1.29 is 9.13 Å². The SMILES string of the molecule is CCOc1c(NC)ncnc1N1CCC(c2nc(-c3ccc(F)c(C)c3)cn2CCN(CC)CC)CC1. The monoisotopic (exact) mass is 509 g/mol. The highest BCUT2D eigenvalue weighted by atomic mass is 19.1. The van der Waals surface area contributed by atoms with Gasteiger partial charge in [-0.05, 0) is 63.5 Å².